The van der Waals surface area contributed by atoms with Crippen LogP contribution >= 0.6 is 11.6 Å². The summed E-state index contributed by atoms with van der Waals surface area (Å²) in [6, 6.07) is 7.42. The fraction of sp³-hybridized carbons (Fsp3) is 0.500. The average Bonchev–Trinajstić information content (AvgIpc) is 2.48. The van der Waals surface area contributed by atoms with Gasteiger partial charge in [0.05, 0.1) is 19.1 Å². The smallest absolute Gasteiger partial charge is 0.275 e. The lowest BCUT2D eigenvalue weighted by molar-refractivity contribution is -0.897. The van der Waals surface area contributed by atoms with Gasteiger partial charge in [-0.25, -0.2) is 0 Å². The topological polar surface area (TPSA) is 76.6 Å². The van der Waals surface area contributed by atoms with Crippen LogP contribution in [0.25, 0.3) is 0 Å². The lowest BCUT2D eigenvalue weighted by Crippen LogP contribution is -3.14. The summed E-state index contributed by atoms with van der Waals surface area (Å²) in [5.74, 6) is -0.227. The highest BCUT2D eigenvalue weighted by Crippen LogP contribution is 2.15. The summed E-state index contributed by atoms with van der Waals surface area (Å²) in [5.41, 5.74) is 6.35. The van der Waals surface area contributed by atoms with E-state index in [1.165, 1.54) is 4.90 Å². The second-order valence-electron chi connectivity index (χ2n) is 5.94. The predicted octanol–water partition coefficient (Wildman–Crippen LogP) is 0.297. The number of piperidine rings is 1. The maximum Gasteiger partial charge on any atom is 0.275 e. The molecule has 0 saturated carbocycles. The second kappa shape index (κ2) is 7.61. The number of hydrogen-bond acceptors (Lipinski definition) is 2. The molecular weight excluding hydrogens is 302 g/mol. The van der Waals surface area contributed by atoms with Crippen LogP contribution in [0.5, 0.6) is 0 Å². The Morgan fingerprint density at radius 1 is 1.32 bits per heavy atom. The van der Waals surface area contributed by atoms with E-state index in [1.54, 1.807) is 0 Å². The van der Waals surface area contributed by atoms with Crippen LogP contribution in [0, 0.1) is 5.92 Å². The van der Waals surface area contributed by atoms with E-state index < -0.39 is 0 Å². The van der Waals surface area contributed by atoms with Crippen molar-refractivity contribution in [3.05, 3.63) is 34.9 Å². The van der Waals surface area contributed by atoms with Gasteiger partial charge in [0, 0.05) is 23.8 Å². The first-order valence-electron chi connectivity index (χ1n) is 7.63. The van der Waals surface area contributed by atoms with Gasteiger partial charge in [-0.3, -0.25) is 9.59 Å². The zero-order valence-electron chi connectivity index (χ0n) is 12.8. The largest absolute Gasteiger partial charge is 0.369 e. The van der Waals surface area contributed by atoms with Crippen LogP contribution in [0.3, 0.4) is 0 Å². The molecule has 1 heterocycles. The molecule has 22 heavy (non-hydrogen) atoms. The summed E-state index contributed by atoms with van der Waals surface area (Å²) in [4.78, 5) is 24.5. The number of halogens is 1. The maximum absolute atomic E-state index is 12.1. The fourth-order valence-corrected chi connectivity index (χ4v) is 2.97. The molecule has 1 aliphatic heterocycles. The quantitative estimate of drug-likeness (QED) is 0.728. The van der Waals surface area contributed by atoms with Gasteiger partial charge in [-0.05, 0) is 24.6 Å². The van der Waals surface area contributed by atoms with E-state index in [0.29, 0.717) is 11.6 Å². The van der Waals surface area contributed by atoms with E-state index in [2.05, 4.69) is 5.32 Å². The summed E-state index contributed by atoms with van der Waals surface area (Å²) in [5, 5.41) is 3.69. The number of rotatable bonds is 5. The van der Waals surface area contributed by atoms with Crippen molar-refractivity contribution in [1.82, 2.24) is 5.32 Å². The van der Waals surface area contributed by atoms with E-state index in [9.17, 15) is 9.59 Å². The number of likely N-dealkylation sites (tertiary alicyclic amines) is 1. The van der Waals surface area contributed by atoms with Crippen molar-refractivity contribution < 1.29 is 14.5 Å². The summed E-state index contributed by atoms with van der Waals surface area (Å²) in [6.07, 6.45) is 1.54. The van der Waals surface area contributed by atoms with Crippen LogP contribution in [0.15, 0.2) is 24.3 Å². The number of amides is 2. The van der Waals surface area contributed by atoms with Gasteiger partial charge in [0.2, 0.25) is 5.91 Å². The first kappa shape index (κ1) is 16.8. The molecule has 1 aliphatic rings. The molecule has 0 spiro atoms. The van der Waals surface area contributed by atoms with Gasteiger partial charge in [-0.2, -0.15) is 0 Å². The molecule has 0 aromatic heterocycles. The van der Waals surface area contributed by atoms with Gasteiger partial charge < -0.3 is 16.0 Å². The molecule has 2 rings (SSSR count). The third kappa shape index (κ3) is 4.71. The van der Waals surface area contributed by atoms with Crippen LogP contribution in [-0.2, 0) is 9.59 Å². The minimum atomic E-state index is -0.222. The standard InChI is InChI=1S/C16H22ClN3O2/c1-11(12-2-4-14(17)5-3-12)19-15(21)10-20-8-6-13(7-9-20)16(18)22/h2-5,11,13H,6-10H2,1H3,(H2,18,22)(H,19,21)/p+1/t11-/m1/s1. The summed E-state index contributed by atoms with van der Waals surface area (Å²) >= 11 is 5.86. The van der Waals surface area contributed by atoms with Gasteiger partial charge in [-0.15, -0.1) is 0 Å². The Morgan fingerprint density at radius 2 is 1.91 bits per heavy atom. The van der Waals surface area contributed by atoms with Crippen LogP contribution < -0.4 is 16.0 Å². The normalized spacial score (nSPS) is 22.8. The molecule has 1 aromatic carbocycles. The predicted molar refractivity (Wildman–Crippen MR) is 85.5 cm³/mol. The van der Waals surface area contributed by atoms with E-state index in [1.807, 2.05) is 31.2 Å². The van der Waals surface area contributed by atoms with Gasteiger partial charge in [0.1, 0.15) is 0 Å². The third-order valence-electron chi connectivity index (χ3n) is 4.25. The molecule has 0 aliphatic carbocycles. The molecule has 1 aromatic rings. The monoisotopic (exact) mass is 324 g/mol. The molecule has 1 atom stereocenters. The van der Waals surface area contributed by atoms with Crippen LogP contribution in [0.1, 0.15) is 31.4 Å². The Hall–Kier alpha value is -1.59. The van der Waals surface area contributed by atoms with Crippen molar-refractivity contribution >= 4 is 23.4 Å². The Kier molecular flexibility index (Phi) is 5.80. The van der Waals surface area contributed by atoms with Crippen molar-refractivity contribution in [2.75, 3.05) is 19.6 Å². The zero-order valence-corrected chi connectivity index (χ0v) is 13.5. The van der Waals surface area contributed by atoms with E-state index in [0.717, 1.165) is 31.5 Å². The highest BCUT2D eigenvalue weighted by molar-refractivity contribution is 6.30. The van der Waals surface area contributed by atoms with Crippen LogP contribution in [0.4, 0.5) is 0 Å². The fourth-order valence-electron chi connectivity index (χ4n) is 2.84. The molecule has 5 nitrogen and oxygen atoms in total. The number of hydrogen-bond donors (Lipinski definition) is 3. The van der Waals surface area contributed by atoms with Crippen molar-refractivity contribution in [3.63, 3.8) is 0 Å². The molecule has 6 heteroatoms. The third-order valence-corrected chi connectivity index (χ3v) is 4.51. The number of primary amides is 1. The van der Waals surface area contributed by atoms with Crippen molar-refractivity contribution in [2.45, 2.75) is 25.8 Å². The zero-order chi connectivity index (χ0) is 16.1. The van der Waals surface area contributed by atoms with Gasteiger partial charge in [-0.1, -0.05) is 23.7 Å². The Morgan fingerprint density at radius 3 is 2.45 bits per heavy atom. The Balaban J connectivity index is 1.78. The number of nitrogens with two attached hydrogens (primary N) is 1. The summed E-state index contributed by atoms with van der Waals surface area (Å²) in [6.45, 7) is 4.02. The molecule has 2 amide bonds. The highest BCUT2D eigenvalue weighted by atomic mass is 35.5. The molecule has 0 radical (unpaired) electrons. The molecule has 120 valence electrons. The number of carbonyl (C=O) groups excluding carboxylic acids is 2. The Labute approximate surface area is 135 Å². The molecular formula is C16H23ClN3O2+. The average molecular weight is 325 g/mol. The van der Waals surface area contributed by atoms with Crippen molar-refractivity contribution in [3.8, 4) is 0 Å². The van der Waals surface area contributed by atoms with Gasteiger partial charge >= 0.3 is 0 Å². The SMILES string of the molecule is C[C@@H](NC(=O)C[NH+]1CCC(C(N)=O)CC1)c1ccc(Cl)cc1. The number of nitrogens with one attached hydrogen (secondary N) is 2. The molecule has 0 bridgehead atoms. The minimum absolute atomic E-state index is 0.0231. The molecule has 1 fully saturated rings. The maximum atomic E-state index is 12.1. The lowest BCUT2D eigenvalue weighted by Gasteiger charge is -2.27. The van der Waals surface area contributed by atoms with Gasteiger partial charge in [0.15, 0.2) is 6.54 Å². The summed E-state index contributed by atoms with van der Waals surface area (Å²) in [7, 11) is 0. The second-order valence-corrected chi connectivity index (χ2v) is 6.38. The van der Waals surface area contributed by atoms with Crippen molar-refractivity contribution in [2.24, 2.45) is 11.7 Å². The first-order chi connectivity index (χ1) is 10.5. The number of benzene rings is 1. The summed E-state index contributed by atoms with van der Waals surface area (Å²) < 4.78 is 0. The van der Waals surface area contributed by atoms with E-state index in [4.69, 9.17) is 17.3 Å². The van der Waals surface area contributed by atoms with Crippen molar-refractivity contribution in [1.29, 1.82) is 0 Å². The number of carbonyl (C=O) groups is 2. The first-order valence-corrected chi connectivity index (χ1v) is 8.01. The highest BCUT2D eigenvalue weighted by Gasteiger charge is 2.27. The number of quaternary nitrogens is 1. The lowest BCUT2D eigenvalue weighted by atomic mass is 9.96. The molecule has 0 unspecified atom stereocenters. The van der Waals surface area contributed by atoms with Crippen LogP contribution in [-0.4, -0.2) is 31.4 Å². The van der Waals surface area contributed by atoms with E-state index in [-0.39, 0.29) is 23.8 Å². The minimum Gasteiger partial charge on any atom is -0.369 e. The van der Waals surface area contributed by atoms with Crippen LogP contribution in [0.2, 0.25) is 5.02 Å². The molecule has 4 N–H and O–H groups in total. The van der Waals surface area contributed by atoms with E-state index >= 15 is 0 Å². The van der Waals surface area contributed by atoms with Gasteiger partial charge in [0.25, 0.3) is 5.91 Å². The molecule has 1 saturated heterocycles. The Bertz CT molecular complexity index is 525.